The SMILES string of the molecule is C=CCCNCCc1ccc(CCCNc2cc(OC)ccc2[C@@H]2CCc3cc(O)ccc3C2)cc1. The summed E-state index contributed by atoms with van der Waals surface area (Å²) in [6.07, 6.45) is 9.26. The maximum absolute atomic E-state index is 9.82. The average molecular weight is 485 g/mol. The largest absolute Gasteiger partial charge is 0.508 e. The van der Waals surface area contributed by atoms with Crippen LogP contribution in [0.25, 0.3) is 0 Å². The molecule has 4 heteroatoms. The molecular formula is C32H40N2O2. The fraction of sp³-hybridized carbons (Fsp3) is 0.375. The van der Waals surface area contributed by atoms with Crippen LogP contribution in [-0.2, 0) is 25.7 Å². The van der Waals surface area contributed by atoms with Crippen molar-refractivity contribution in [2.45, 2.75) is 50.9 Å². The number of rotatable bonds is 13. The van der Waals surface area contributed by atoms with Gasteiger partial charge < -0.3 is 20.5 Å². The molecule has 0 spiro atoms. The molecule has 3 N–H and O–H groups in total. The first-order chi connectivity index (χ1) is 17.7. The van der Waals surface area contributed by atoms with Gasteiger partial charge in [0.1, 0.15) is 11.5 Å². The molecule has 0 fully saturated rings. The van der Waals surface area contributed by atoms with Gasteiger partial charge in [-0.1, -0.05) is 42.5 Å². The Kier molecular flexibility index (Phi) is 9.46. The quantitative estimate of drug-likeness (QED) is 0.193. The monoisotopic (exact) mass is 484 g/mol. The fourth-order valence-corrected chi connectivity index (χ4v) is 5.13. The molecule has 1 aliphatic rings. The highest BCUT2D eigenvalue weighted by Gasteiger charge is 2.23. The molecule has 1 atom stereocenters. The predicted octanol–water partition coefficient (Wildman–Crippen LogP) is 6.43. The summed E-state index contributed by atoms with van der Waals surface area (Å²) in [5, 5.41) is 17.0. The molecule has 4 rings (SSSR count). The topological polar surface area (TPSA) is 53.5 Å². The van der Waals surface area contributed by atoms with E-state index in [0.717, 1.165) is 70.3 Å². The third-order valence-electron chi connectivity index (χ3n) is 7.21. The van der Waals surface area contributed by atoms with Crippen LogP contribution in [0.1, 0.15) is 53.0 Å². The van der Waals surface area contributed by atoms with Crippen molar-refractivity contribution in [2.75, 3.05) is 32.1 Å². The van der Waals surface area contributed by atoms with Crippen molar-refractivity contribution in [3.63, 3.8) is 0 Å². The second kappa shape index (κ2) is 13.2. The number of aromatic hydroxyl groups is 1. The van der Waals surface area contributed by atoms with Crippen molar-refractivity contribution in [2.24, 2.45) is 0 Å². The predicted molar refractivity (Wildman–Crippen MR) is 151 cm³/mol. The van der Waals surface area contributed by atoms with Gasteiger partial charge in [0.05, 0.1) is 7.11 Å². The minimum Gasteiger partial charge on any atom is -0.508 e. The zero-order valence-corrected chi connectivity index (χ0v) is 21.6. The van der Waals surface area contributed by atoms with Crippen molar-refractivity contribution < 1.29 is 9.84 Å². The second-order valence-corrected chi connectivity index (χ2v) is 9.77. The lowest BCUT2D eigenvalue weighted by atomic mass is 9.79. The highest BCUT2D eigenvalue weighted by Crippen LogP contribution is 2.38. The molecule has 0 unspecified atom stereocenters. The number of ether oxygens (including phenoxy) is 1. The Morgan fingerprint density at radius 2 is 1.75 bits per heavy atom. The third-order valence-corrected chi connectivity index (χ3v) is 7.21. The van der Waals surface area contributed by atoms with Crippen LogP contribution in [0, 0.1) is 0 Å². The number of benzene rings is 3. The highest BCUT2D eigenvalue weighted by atomic mass is 16.5. The van der Waals surface area contributed by atoms with E-state index in [1.165, 1.54) is 33.5 Å². The number of phenols is 1. The number of fused-ring (bicyclic) bond motifs is 1. The van der Waals surface area contributed by atoms with E-state index in [-0.39, 0.29) is 0 Å². The normalized spacial score (nSPS) is 14.8. The molecule has 0 aromatic heterocycles. The number of methoxy groups -OCH3 is 1. The van der Waals surface area contributed by atoms with E-state index >= 15 is 0 Å². The molecule has 1 aliphatic carbocycles. The first-order valence-electron chi connectivity index (χ1n) is 13.3. The van der Waals surface area contributed by atoms with Crippen molar-refractivity contribution >= 4 is 5.69 Å². The Morgan fingerprint density at radius 1 is 0.944 bits per heavy atom. The van der Waals surface area contributed by atoms with Crippen molar-refractivity contribution in [3.8, 4) is 11.5 Å². The van der Waals surface area contributed by atoms with Crippen LogP contribution in [-0.4, -0.2) is 31.9 Å². The van der Waals surface area contributed by atoms with Gasteiger partial charge in [0, 0.05) is 18.3 Å². The Balaban J connectivity index is 1.30. The van der Waals surface area contributed by atoms with Crippen LogP contribution in [0.15, 0.2) is 73.3 Å². The Labute approximate surface area is 216 Å². The Hall–Kier alpha value is -3.24. The van der Waals surface area contributed by atoms with E-state index in [1.54, 1.807) is 7.11 Å². The standard InChI is InChI=1S/C32H40N2O2/c1-3-4-18-33-20-17-25-9-7-24(8-10-25)6-5-19-34-32-23-30(36-2)15-16-31(32)28-12-11-27-22-29(35)14-13-26(27)21-28/h3,7-10,13-16,22-23,28,33-35H,1,4-6,11-12,17-21H2,2H3/t28-/m1/s1. The molecule has 4 nitrogen and oxygen atoms in total. The van der Waals surface area contributed by atoms with Crippen molar-refractivity contribution in [1.82, 2.24) is 5.32 Å². The summed E-state index contributed by atoms with van der Waals surface area (Å²) in [7, 11) is 1.73. The summed E-state index contributed by atoms with van der Waals surface area (Å²) in [4.78, 5) is 0. The van der Waals surface area contributed by atoms with Crippen LogP contribution in [0.3, 0.4) is 0 Å². The number of phenolic OH excluding ortho intramolecular Hbond substituents is 1. The lowest BCUT2D eigenvalue weighted by Crippen LogP contribution is -2.17. The van der Waals surface area contributed by atoms with Crippen LogP contribution in [0.4, 0.5) is 5.69 Å². The second-order valence-electron chi connectivity index (χ2n) is 9.77. The molecule has 0 bridgehead atoms. The molecule has 0 heterocycles. The Bertz CT molecular complexity index is 1120. The lowest BCUT2D eigenvalue weighted by molar-refractivity contribution is 0.414. The first-order valence-corrected chi connectivity index (χ1v) is 13.3. The molecule has 36 heavy (non-hydrogen) atoms. The number of anilines is 1. The molecule has 0 radical (unpaired) electrons. The highest BCUT2D eigenvalue weighted by molar-refractivity contribution is 5.57. The number of nitrogens with one attached hydrogen (secondary N) is 2. The van der Waals surface area contributed by atoms with Gasteiger partial charge >= 0.3 is 0 Å². The number of hydrogen-bond acceptors (Lipinski definition) is 4. The maximum atomic E-state index is 9.82. The van der Waals surface area contributed by atoms with Gasteiger partial charge in [0.25, 0.3) is 0 Å². The van der Waals surface area contributed by atoms with E-state index < -0.39 is 0 Å². The summed E-state index contributed by atoms with van der Waals surface area (Å²) in [5.74, 6) is 1.72. The van der Waals surface area contributed by atoms with Crippen molar-refractivity contribution in [3.05, 3.63) is 101 Å². The van der Waals surface area contributed by atoms with Crippen LogP contribution < -0.4 is 15.4 Å². The van der Waals surface area contributed by atoms with Crippen LogP contribution in [0.5, 0.6) is 11.5 Å². The number of aryl methyl sites for hydroxylation is 2. The van der Waals surface area contributed by atoms with E-state index in [2.05, 4.69) is 65.7 Å². The van der Waals surface area contributed by atoms with Gasteiger partial charge in [-0.15, -0.1) is 6.58 Å². The molecule has 0 saturated carbocycles. The molecule has 0 amide bonds. The molecular weight excluding hydrogens is 444 g/mol. The van der Waals surface area contributed by atoms with Gasteiger partial charge in [-0.25, -0.2) is 0 Å². The average Bonchev–Trinajstić information content (AvgIpc) is 2.91. The van der Waals surface area contributed by atoms with Gasteiger partial charge in [0.2, 0.25) is 0 Å². The van der Waals surface area contributed by atoms with Gasteiger partial charge in [-0.3, -0.25) is 0 Å². The van der Waals surface area contributed by atoms with Gasteiger partial charge in [0.15, 0.2) is 0 Å². The molecule has 190 valence electrons. The van der Waals surface area contributed by atoms with Crippen LogP contribution in [0.2, 0.25) is 0 Å². The van der Waals surface area contributed by atoms with E-state index in [4.69, 9.17) is 4.74 Å². The van der Waals surface area contributed by atoms with Crippen molar-refractivity contribution in [1.29, 1.82) is 0 Å². The van der Waals surface area contributed by atoms with E-state index in [1.807, 2.05) is 18.2 Å². The summed E-state index contributed by atoms with van der Waals surface area (Å²) >= 11 is 0. The van der Waals surface area contributed by atoms with Gasteiger partial charge in [-0.05, 0) is 110 Å². The van der Waals surface area contributed by atoms with E-state index in [0.29, 0.717) is 11.7 Å². The zero-order chi connectivity index (χ0) is 25.2. The summed E-state index contributed by atoms with van der Waals surface area (Å²) in [6, 6.07) is 21.3. The molecule has 3 aromatic carbocycles. The summed E-state index contributed by atoms with van der Waals surface area (Å²) in [6.45, 7) is 6.69. The summed E-state index contributed by atoms with van der Waals surface area (Å²) in [5.41, 5.74) is 7.94. The van der Waals surface area contributed by atoms with Crippen LogP contribution >= 0.6 is 0 Å². The zero-order valence-electron chi connectivity index (χ0n) is 21.6. The molecule has 0 aliphatic heterocycles. The van der Waals surface area contributed by atoms with Gasteiger partial charge in [-0.2, -0.15) is 0 Å². The maximum Gasteiger partial charge on any atom is 0.120 e. The first kappa shape index (κ1) is 25.8. The molecule has 3 aromatic rings. The van der Waals surface area contributed by atoms with E-state index in [9.17, 15) is 5.11 Å². The minimum atomic E-state index is 0.366. The summed E-state index contributed by atoms with van der Waals surface area (Å²) < 4.78 is 5.52. The number of hydrogen-bond donors (Lipinski definition) is 3. The fourth-order valence-electron chi connectivity index (χ4n) is 5.13. The molecule has 0 saturated heterocycles. The lowest BCUT2D eigenvalue weighted by Gasteiger charge is -2.27. The Morgan fingerprint density at radius 3 is 2.53 bits per heavy atom. The minimum absolute atomic E-state index is 0.366. The smallest absolute Gasteiger partial charge is 0.120 e. The third kappa shape index (κ3) is 7.14.